The molecule has 8 nitrogen and oxygen atoms in total. The van der Waals surface area contributed by atoms with Crippen LogP contribution in [0, 0.1) is 0 Å². The van der Waals surface area contributed by atoms with E-state index in [2.05, 4.69) is 15.8 Å². The number of benzene rings is 2. The van der Waals surface area contributed by atoms with E-state index in [0.29, 0.717) is 37.7 Å². The second-order valence-corrected chi connectivity index (χ2v) is 6.36. The van der Waals surface area contributed by atoms with Crippen LogP contribution in [0.3, 0.4) is 0 Å². The van der Waals surface area contributed by atoms with E-state index in [1.165, 1.54) is 17.2 Å². The third-order valence-electron chi connectivity index (χ3n) is 4.28. The van der Waals surface area contributed by atoms with Crippen LogP contribution in [0.2, 0.25) is 0 Å². The van der Waals surface area contributed by atoms with Crippen molar-refractivity contribution in [3.8, 4) is 0 Å². The Morgan fingerprint density at radius 2 is 1.93 bits per heavy atom. The van der Waals surface area contributed by atoms with Gasteiger partial charge in [0.15, 0.2) is 5.82 Å². The Morgan fingerprint density at radius 3 is 2.72 bits per heavy atom. The Bertz CT molecular complexity index is 938. The number of hydrogen-bond acceptors (Lipinski definition) is 5. The molecule has 0 radical (unpaired) electrons. The highest BCUT2D eigenvalue weighted by Crippen LogP contribution is 2.23. The molecule has 3 rings (SSSR count). The average Bonchev–Trinajstić information content (AvgIpc) is 3.23. The van der Waals surface area contributed by atoms with Crippen LogP contribution in [0.25, 0.3) is 10.8 Å². The Hall–Kier alpha value is -3.39. The van der Waals surface area contributed by atoms with E-state index in [0.717, 1.165) is 10.8 Å². The highest BCUT2D eigenvalue weighted by atomic mass is 16.5. The predicted molar refractivity (Wildman–Crippen MR) is 111 cm³/mol. The Kier molecular flexibility index (Phi) is 7.18. The van der Waals surface area contributed by atoms with Gasteiger partial charge in [0.25, 0.3) is 0 Å². The number of carbonyl (C=O) groups is 2. The molecule has 0 aliphatic rings. The summed E-state index contributed by atoms with van der Waals surface area (Å²) < 4.78 is 10.1. The van der Waals surface area contributed by atoms with Gasteiger partial charge in [0.2, 0.25) is 5.91 Å². The van der Waals surface area contributed by atoms with Crippen LogP contribution in [-0.2, 0) is 9.53 Å². The number of aromatic nitrogens is 1. The summed E-state index contributed by atoms with van der Waals surface area (Å²) in [6, 6.07) is 14.7. The van der Waals surface area contributed by atoms with Crippen molar-refractivity contribution in [1.82, 2.24) is 10.1 Å². The molecule has 152 valence electrons. The molecule has 3 amide bonds. The van der Waals surface area contributed by atoms with Crippen LogP contribution in [0.15, 0.2) is 59.3 Å². The van der Waals surface area contributed by atoms with Crippen molar-refractivity contribution in [2.45, 2.75) is 13.3 Å². The second-order valence-electron chi connectivity index (χ2n) is 6.36. The molecule has 0 aliphatic carbocycles. The minimum Gasteiger partial charge on any atom is -0.382 e. The molecule has 2 aromatic carbocycles. The van der Waals surface area contributed by atoms with Crippen molar-refractivity contribution < 1.29 is 18.8 Å². The second kappa shape index (κ2) is 10.2. The van der Waals surface area contributed by atoms with Crippen LogP contribution < -0.4 is 10.6 Å². The molecular formula is C21H24N4O4. The van der Waals surface area contributed by atoms with Gasteiger partial charge in [-0.25, -0.2) is 4.79 Å². The summed E-state index contributed by atoms with van der Waals surface area (Å²) in [5, 5.41) is 11.1. The van der Waals surface area contributed by atoms with Crippen molar-refractivity contribution >= 4 is 34.2 Å². The summed E-state index contributed by atoms with van der Waals surface area (Å²) in [5.74, 6) is -0.0536. The van der Waals surface area contributed by atoms with Crippen molar-refractivity contribution in [1.29, 1.82) is 0 Å². The molecule has 1 heterocycles. The summed E-state index contributed by atoms with van der Waals surface area (Å²) in [6.07, 6.45) is 1.98. The predicted octanol–water partition coefficient (Wildman–Crippen LogP) is 3.73. The standard InChI is InChI=1S/C21H24N4O4/c1-2-28-13-6-12-25(15-20(26)23-19-11-14-29-24-19)21(27)22-18-10-5-8-16-7-3-4-9-17(16)18/h3-5,7-11,14H,2,6,12-13,15H2,1H3,(H,22,27)(H,23,24,26). The van der Waals surface area contributed by atoms with Crippen molar-refractivity contribution in [2.75, 3.05) is 36.9 Å². The summed E-state index contributed by atoms with van der Waals surface area (Å²) >= 11 is 0. The van der Waals surface area contributed by atoms with Gasteiger partial charge in [0.1, 0.15) is 12.8 Å². The van der Waals surface area contributed by atoms with Gasteiger partial charge in [-0.3, -0.25) is 4.79 Å². The highest BCUT2D eigenvalue weighted by Gasteiger charge is 2.18. The third kappa shape index (κ3) is 5.79. The van der Waals surface area contributed by atoms with E-state index < -0.39 is 0 Å². The van der Waals surface area contributed by atoms with Gasteiger partial charge in [-0.1, -0.05) is 41.6 Å². The Morgan fingerprint density at radius 1 is 1.10 bits per heavy atom. The molecule has 29 heavy (non-hydrogen) atoms. The highest BCUT2D eigenvalue weighted by molar-refractivity contribution is 6.02. The zero-order valence-corrected chi connectivity index (χ0v) is 16.3. The zero-order valence-electron chi connectivity index (χ0n) is 16.3. The van der Waals surface area contributed by atoms with Gasteiger partial charge in [-0.15, -0.1) is 0 Å². The molecule has 0 fully saturated rings. The van der Waals surface area contributed by atoms with E-state index in [4.69, 9.17) is 9.26 Å². The first-order chi connectivity index (χ1) is 14.2. The summed E-state index contributed by atoms with van der Waals surface area (Å²) in [6.45, 7) is 3.29. The fourth-order valence-corrected chi connectivity index (χ4v) is 2.92. The molecule has 2 N–H and O–H groups in total. The molecule has 0 saturated carbocycles. The van der Waals surface area contributed by atoms with E-state index in [-0.39, 0.29) is 18.5 Å². The lowest BCUT2D eigenvalue weighted by Crippen LogP contribution is -2.41. The van der Waals surface area contributed by atoms with Crippen molar-refractivity contribution in [3.63, 3.8) is 0 Å². The molecule has 1 aromatic heterocycles. The lowest BCUT2D eigenvalue weighted by molar-refractivity contribution is -0.116. The minimum atomic E-state index is -0.358. The fourth-order valence-electron chi connectivity index (χ4n) is 2.92. The van der Waals surface area contributed by atoms with Crippen LogP contribution in [0.1, 0.15) is 13.3 Å². The zero-order chi connectivity index (χ0) is 20.5. The third-order valence-corrected chi connectivity index (χ3v) is 4.28. The average molecular weight is 396 g/mol. The lowest BCUT2D eigenvalue weighted by Gasteiger charge is -2.23. The van der Waals surface area contributed by atoms with E-state index in [1.807, 2.05) is 49.4 Å². The first-order valence-electron chi connectivity index (χ1n) is 9.49. The number of carbonyl (C=O) groups excluding carboxylic acids is 2. The molecule has 0 aliphatic heterocycles. The SMILES string of the molecule is CCOCCCN(CC(=O)Nc1ccon1)C(=O)Nc1cccc2ccccc12. The molecule has 0 bridgehead atoms. The number of anilines is 2. The Balaban J connectivity index is 1.69. The maximum atomic E-state index is 12.9. The van der Waals surface area contributed by atoms with Crippen LogP contribution >= 0.6 is 0 Å². The summed E-state index contributed by atoms with van der Waals surface area (Å²) in [4.78, 5) is 26.7. The van der Waals surface area contributed by atoms with Crippen molar-refractivity contribution in [3.05, 3.63) is 54.8 Å². The van der Waals surface area contributed by atoms with Crippen LogP contribution in [0.5, 0.6) is 0 Å². The monoisotopic (exact) mass is 396 g/mol. The normalized spacial score (nSPS) is 10.7. The van der Waals surface area contributed by atoms with Gasteiger partial charge in [-0.2, -0.15) is 0 Å². The number of nitrogens with one attached hydrogen (secondary N) is 2. The molecule has 3 aromatic rings. The van der Waals surface area contributed by atoms with Gasteiger partial charge in [-0.05, 0) is 24.8 Å². The fraction of sp³-hybridized carbons (Fsp3) is 0.286. The van der Waals surface area contributed by atoms with E-state index in [1.54, 1.807) is 0 Å². The van der Waals surface area contributed by atoms with Crippen LogP contribution in [0.4, 0.5) is 16.3 Å². The van der Waals surface area contributed by atoms with Gasteiger partial charge >= 0.3 is 6.03 Å². The Labute approximate surface area is 168 Å². The largest absolute Gasteiger partial charge is 0.382 e. The number of urea groups is 1. The smallest absolute Gasteiger partial charge is 0.322 e. The minimum absolute atomic E-state index is 0.115. The van der Waals surface area contributed by atoms with E-state index >= 15 is 0 Å². The first kappa shape index (κ1) is 20.3. The van der Waals surface area contributed by atoms with Gasteiger partial charge in [0.05, 0.1) is 5.69 Å². The topological polar surface area (TPSA) is 96.7 Å². The number of fused-ring (bicyclic) bond motifs is 1. The van der Waals surface area contributed by atoms with Gasteiger partial charge < -0.3 is 24.8 Å². The number of amides is 3. The van der Waals surface area contributed by atoms with Crippen molar-refractivity contribution in [2.24, 2.45) is 0 Å². The summed E-state index contributed by atoms with van der Waals surface area (Å²) in [5.41, 5.74) is 0.694. The number of hydrogen-bond donors (Lipinski definition) is 2. The quantitative estimate of drug-likeness (QED) is 0.537. The number of ether oxygens (including phenoxy) is 1. The summed E-state index contributed by atoms with van der Waals surface area (Å²) in [7, 11) is 0. The number of rotatable bonds is 9. The molecule has 0 spiro atoms. The van der Waals surface area contributed by atoms with E-state index in [9.17, 15) is 9.59 Å². The molecule has 0 atom stereocenters. The maximum Gasteiger partial charge on any atom is 0.322 e. The van der Waals surface area contributed by atoms with Gasteiger partial charge in [0, 0.05) is 31.2 Å². The number of nitrogens with zero attached hydrogens (tertiary/aromatic N) is 2. The van der Waals surface area contributed by atoms with Crippen LogP contribution in [-0.4, -0.2) is 48.3 Å². The lowest BCUT2D eigenvalue weighted by atomic mass is 10.1. The molecule has 0 saturated heterocycles. The molecule has 8 heteroatoms. The maximum absolute atomic E-state index is 12.9. The molecule has 0 unspecified atom stereocenters. The molecular weight excluding hydrogens is 372 g/mol. The first-order valence-corrected chi connectivity index (χ1v) is 9.49.